The summed E-state index contributed by atoms with van der Waals surface area (Å²) in [5.41, 5.74) is 0.142. The number of hydrogen-bond acceptors (Lipinski definition) is 7. The van der Waals surface area contributed by atoms with E-state index in [1.165, 1.54) is 23.0 Å². The zero-order valence-electron chi connectivity index (χ0n) is 19.9. The molecule has 1 aliphatic heterocycles. The van der Waals surface area contributed by atoms with Gasteiger partial charge >= 0.3 is 0 Å². The number of hydrogen-bond donors (Lipinski definition) is 3. The number of sulfonamides is 1. The summed E-state index contributed by atoms with van der Waals surface area (Å²) in [6.45, 7) is 6.91. The molecule has 1 saturated heterocycles. The number of nitrogens with zero attached hydrogens (tertiary/aromatic N) is 4. The molecule has 0 spiro atoms. The Morgan fingerprint density at radius 1 is 1.30 bits per heavy atom. The Hall–Kier alpha value is -3.56. The Balaban J connectivity index is 1.66. The SMILES string of the molecule is C=C/C(=N\n1c(C#CC2(O)CCNCC2)cnc1C)c1cnc(Cl)c(NS(=O)(=O)c2ccc(F)cc2)c1. The maximum Gasteiger partial charge on any atom is 0.261 e. The van der Waals surface area contributed by atoms with E-state index in [1.807, 2.05) is 0 Å². The largest absolute Gasteiger partial charge is 0.377 e. The van der Waals surface area contributed by atoms with E-state index < -0.39 is 21.4 Å². The molecule has 0 amide bonds. The van der Waals surface area contributed by atoms with Gasteiger partial charge in [-0.05, 0) is 75.2 Å². The van der Waals surface area contributed by atoms with E-state index in [4.69, 9.17) is 11.6 Å². The average molecular weight is 543 g/mol. The molecular weight excluding hydrogens is 519 g/mol. The third kappa shape index (κ3) is 6.23. The number of nitrogens with one attached hydrogen (secondary N) is 2. The van der Waals surface area contributed by atoms with E-state index in [1.54, 1.807) is 13.1 Å². The molecule has 0 aliphatic carbocycles. The van der Waals surface area contributed by atoms with E-state index in [-0.39, 0.29) is 15.7 Å². The molecule has 192 valence electrons. The quantitative estimate of drug-likeness (QED) is 0.250. The van der Waals surface area contributed by atoms with Crippen molar-refractivity contribution in [2.75, 3.05) is 17.8 Å². The number of rotatable bonds is 6. The summed E-state index contributed by atoms with van der Waals surface area (Å²) in [7, 11) is -4.06. The van der Waals surface area contributed by atoms with Gasteiger partial charge in [-0.1, -0.05) is 24.1 Å². The van der Waals surface area contributed by atoms with Crippen molar-refractivity contribution < 1.29 is 17.9 Å². The lowest BCUT2D eigenvalue weighted by Crippen LogP contribution is -2.40. The maximum absolute atomic E-state index is 13.2. The van der Waals surface area contributed by atoms with Crippen molar-refractivity contribution in [3.05, 3.63) is 83.4 Å². The summed E-state index contributed by atoms with van der Waals surface area (Å²) < 4.78 is 42.6. The van der Waals surface area contributed by atoms with Gasteiger partial charge in [0.05, 0.1) is 22.5 Å². The molecule has 3 N–H and O–H groups in total. The van der Waals surface area contributed by atoms with Crippen molar-refractivity contribution >= 4 is 33.0 Å². The van der Waals surface area contributed by atoms with E-state index in [0.717, 1.165) is 24.3 Å². The van der Waals surface area contributed by atoms with E-state index >= 15 is 0 Å². The average Bonchev–Trinajstić information content (AvgIpc) is 3.22. The number of piperidine rings is 1. The van der Waals surface area contributed by atoms with Crippen LogP contribution >= 0.6 is 11.6 Å². The molecule has 37 heavy (non-hydrogen) atoms. The van der Waals surface area contributed by atoms with Crippen LogP contribution in [0, 0.1) is 24.6 Å². The van der Waals surface area contributed by atoms with Crippen LogP contribution in [-0.4, -0.2) is 52.6 Å². The lowest BCUT2D eigenvalue weighted by Gasteiger charge is -2.27. The molecule has 12 heteroatoms. The second kappa shape index (κ2) is 10.8. The minimum absolute atomic E-state index is 0.00791. The molecule has 3 heterocycles. The second-order valence-corrected chi connectivity index (χ2v) is 10.4. The molecule has 3 aromatic rings. The number of pyridine rings is 1. The zero-order chi connectivity index (χ0) is 26.6. The van der Waals surface area contributed by atoms with Crippen LogP contribution in [0.5, 0.6) is 0 Å². The van der Waals surface area contributed by atoms with E-state index in [2.05, 4.69) is 43.5 Å². The fourth-order valence-electron chi connectivity index (χ4n) is 3.60. The van der Waals surface area contributed by atoms with E-state index in [9.17, 15) is 17.9 Å². The van der Waals surface area contributed by atoms with Gasteiger partial charge in [-0.25, -0.2) is 27.5 Å². The number of anilines is 1. The summed E-state index contributed by atoms with van der Waals surface area (Å²) >= 11 is 6.16. The van der Waals surface area contributed by atoms with Gasteiger partial charge in [-0.2, -0.15) is 5.10 Å². The van der Waals surface area contributed by atoms with Gasteiger partial charge in [0.15, 0.2) is 5.15 Å². The summed E-state index contributed by atoms with van der Waals surface area (Å²) in [4.78, 5) is 8.21. The molecule has 0 unspecified atom stereocenters. The van der Waals surface area contributed by atoms with Gasteiger partial charge in [-0.3, -0.25) is 4.72 Å². The number of benzene rings is 1. The predicted molar refractivity (Wildman–Crippen MR) is 139 cm³/mol. The standard InChI is InChI=1S/C25H24ClFN6O3S/c1-3-22(31-33-17(2)29-16-20(33)8-9-25(34)10-12-28-13-11-25)18-14-23(24(26)30-15-18)32-37(35,36)21-6-4-19(27)5-7-21/h3-7,14-16,28,32,34H,1,10-13H2,2H3/b31-22+. The van der Waals surface area contributed by atoms with Crippen molar-refractivity contribution in [2.24, 2.45) is 5.10 Å². The number of aryl methyl sites for hydroxylation is 1. The molecule has 1 aromatic carbocycles. The topological polar surface area (TPSA) is 122 Å². The first-order chi connectivity index (χ1) is 17.6. The van der Waals surface area contributed by atoms with Crippen molar-refractivity contribution in [1.82, 2.24) is 20.0 Å². The van der Waals surface area contributed by atoms with Crippen LogP contribution in [0.25, 0.3) is 0 Å². The van der Waals surface area contributed by atoms with Crippen LogP contribution in [0.1, 0.15) is 29.9 Å². The van der Waals surface area contributed by atoms with Crippen LogP contribution in [0.4, 0.5) is 10.1 Å². The fourth-order valence-corrected chi connectivity index (χ4v) is 4.86. The zero-order valence-corrected chi connectivity index (χ0v) is 21.4. The molecule has 0 bridgehead atoms. The number of allylic oxidation sites excluding steroid dienone is 1. The summed E-state index contributed by atoms with van der Waals surface area (Å²) in [5.74, 6) is 5.90. The first kappa shape index (κ1) is 26.5. The molecule has 9 nitrogen and oxygen atoms in total. The van der Waals surface area contributed by atoms with Gasteiger partial charge < -0.3 is 10.4 Å². The van der Waals surface area contributed by atoms with Crippen molar-refractivity contribution in [3.63, 3.8) is 0 Å². The predicted octanol–water partition coefficient (Wildman–Crippen LogP) is 3.08. The molecule has 1 aliphatic rings. The van der Waals surface area contributed by atoms with Gasteiger partial charge in [-0.15, -0.1) is 0 Å². The number of aliphatic hydroxyl groups is 1. The highest BCUT2D eigenvalue weighted by Gasteiger charge is 2.26. The number of aromatic nitrogens is 3. The van der Waals surface area contributed by atoms with E-state index in [0.29, 0.717) is 48.7 Å². The molecule has 0 radical (unpaired) electrons. The summed E-state index contributed by atoms with van der Waals surface area (Å²) in [6.07, 6.45) is 5.48. The second-order valence-electron chi connectivity index (χ2n) is 8.35. The normalized spacial score (nSPS) is 15.5. The Labute approximate surface area is 219 Å². The Bertz CT molecular complexity index is 1520. The van der Waals surface area contributed by atoms with Crippen LogP contribution in [0.2, 0.25) is 5.15 Å². The minimum Gasteiger partial charge on any atom is -0.377 e. The first-order valence-corrected chi connectivity index (χ1v) is 13.1. The van der Waals surface area contributed by atoms with Crippen LogP contribution in [0.3, 0.4) is 0 Å². The van der Waals surface area contributed by atoms with Crippen molar-refractivity contribution in [2.45, 2.75) is 30.3 Å². The van der Waals surface area contributed by atoms with Crippen LogP contribution < -0.4 is 10.0 Å². The third-order valence-corrected chi connectivity index (χ3v) is 7.35. The van der Waals surface area contributed by atoms with Crippen molar-refractivity contribution in [1.29, 1.82) is 0 Å². The molecule has 0 saturated carbocycles. The molecule has 2 aromatic heterocycles. The Morgan fingerprint density at radius 2 is 2.00 bits per heavy atom. The minimum atomic E-state index is -4.06. The summed E-state index contributed by atoms with van der Waals surface area (Å²) in [5, 5.41) is 18.4. The monoisotopic (exact) mass is 542 g/mol. The van der Waals surface area contributed by atoms with Crippen LogP contribution in [0.15, 0.2) is 65.4 Å². The van der Waals surface area contributed by atoms with Crippen LogP contribution in [-0.2, 0) is 10.0 Å². The van der Waals surface area contributed by atoms with Gasteiger partial charge in [0.1, 0.15) is 22.9 Å². The lowest BCUT2D eigenvalue weighted by atomic mass is 9.93. The van der Waals surface area contributed by atoms with Crippen molar-refractivity contribution in [3.8, 4) is 11.8 Å². The van der Waals surface area contributed by atoms with Gasteiger partial charge in [0.2, 0.25) is 0 Å². The summed E-state index contributed by atoms with van der Waals surface area (Å²) in [6, 6.07) is 5.84. The smallest absolute Gasteiger partial charge is 0.261 e. The third-order valence-electron chi connectivity index (χ3n) is 5.67. The highest BCUT2D eigenvalue weighted by molar-refractivity contribution is 7.92. The van der Waals surface area contributed by atoms with Gasteiger partial charge in [0, 0.05) is 11.8 Å². The molecule has 4 rings (SSSR count). The van der Waals surface area contributed by atoms with Gasteiger partial charge in [0.25, 0.3) is 10.0 Å². The lowest BCUT2D eigenvalue weighted by molar-refractivity contribution is 0.0679. The Kier molecular flexibility index (Phi) is 7.75. The maximum atomic E-state index is 13.2. The Morgan fingerprint density at radius 3 is 2.68 bits per heavy atom. The molecule has 0 atom stereocenters. The first-order valence-electron chi connectivity index (χ1n) is 11.3. The molecular formula is C25H24ClFN6O3S. The number of imidazole rings is 1. The number of halogens is 2. The fraction of sp³-hybridized carbons (Fsp3) is 0.240. The highest BCUT2D eigenvalue weighted by atomic mass is 35.5. The molecule has 1 fully saturated rings. The highest BCUT2D eigenvalue weighted by Crippen LogP contribution is 2.25.